The molecular weight excluding hydrogens is 343 g/mol. The second-order valence-electron chi connectivity index (χ2n) is 7.31. The van der Waals surface area contributed by atoms with Gasteiger partial charge in [0.1, 0.15) is 0 Å². The smallest absolute Gasteiger partial charge is 0.377 e. The fourth-order valence-corrected chi connectivity index (χ4v) is 4.44. The van der Waals surface area contributed by atoms with Crippen LogP contribution in [0, 0.1) is 11.8 Å². The Morgan fingerprint density at radius 2 is 1.83 bits per heavy atom. The lowest BCUT2D eigenvalue weighted by Gasteiger charge is -2.44. The maximum atomic E-state index is 13.6. The van der Waals surface area contributed by atoms with Crippen molar-refractivity contribution in [1.29, 1.82) is 0 Å². The van der Waals surface area contributed by atoms with Gasteiger partial charge >= 0.3 is 6.18 Å². The van der Waals surface area contributed by atoms with Crippen molar-refractivity contribution in [3.05, 3.63) is 0 Å². The first-order valence-electron chi connectivity index (χ1n) is 9.00. The summed E-state index contributed by atoms with van der Waals surface area (Å²) in [4.78, 5) is 0. The number of nitrogens with one attached hydrogen (secondary N) is 3. The van der Waals surface area contributed by atoms with Gasteiger partial charge in [0.25, 0.3) is 0 Å². The average Bonchev–Trinajstić information content (AvgIpc) is 3.06. The number of hydrazine groups is 1. The SMILES string of the molecule is FC(F)(F)C1CC(NC[C@H]2CCCO2)NNC1C1CCC(Cl)CC1. The monoisotopic (exact) mass is 369 g/mol. The van der Waals surface area contributed by atoms with Crippen molar-refractivity contribution in [1.82, 2.24) is 16.2 Å². The van der Waals surface area contributed by atoms with Crippen LogP contribution in [-0.4, -0.2) is 43.0 Å². The minimum Gasteiger partial charge on any atom is -0.377 e. The molecule has 8 heteroatoms. The molecule has 1 saturated carbocycles. The molecule has 2 saturated heterocycles. The summed E-state index contributed by atoms with van der Waals surface area (Å²) < 4.78 is 46.3. The van der Waals surface area contributed by atoms with E-state index < -0.39 is 18.1 Å². The summed E-state index contributed by atoms with van der Waals surface area (Å²) in [7, 11) is 0. The Labute approximate surface area is 146 Å². The fourth-order valence-electron chi connectivity index (χ4n) is 4.19. The summed E-state index contributed by atoms with van der Waals surface area (Å²) in [5.41, 5.74) is 6.02. The van der Waals surface area contributed by atoms with Crippen LogP contribution in [0.2, 0.25) is 0 Å². The van der Waals surface area contributed by atoms with E-state index in [-0.39, 0.29) is 30.0 Å². The van der Waals surface area contributed by atoms with Crippen LogP contribution in [-0.2, 0) is 4.74 Å². The Hall–Kier alpha value is -0.0800. The Morgan fingerprint density at radius 1 is 1.08 bits per heavy atom. The third kappa shape index (κ3) is 4.75. The van der Waals surface area contributed by atoms with E-state index in [0.29, 0.717) is 6.54 Å². The van der Waals surface area contributed by atoms with Crippen LogP contribution in [0.3, 0.4) is 0 Å². The van der Waals surface area contributed by atoms with Crippen molar-refractivity contribution in [3.63, 3.8) is 0 Å². The molecule has 140 valence electrons. The van der Waals surface area contributed by atoms with E-state index in [0.717, 1.165) is 45.1 Å². The maximum Gasteiger partial charge on any atom is 0.393 e. The standard InChI is InChI=1S/C16H27ClF3N3O/c17-11-5-3-10(4-6-11)15-13(16(18,19)20)8-14(22-23-15)21-9-12-2-1-7-24-12/h10-15,21-23H,1-9H2/t10?,11?,12-,13?,14?,15?/m1/s1. The van der Waals surface area contributed by atoms with Gasteiger partial charge in [-0.1, -0.05) is 0 Å². The van der Waals surface area contributed by atoms with E-state index in [1.165, 1.54) is 0 Å². The molecule has 4 nitrogen and oxygen atoms in total. The molecule has 0 spiro atoms. The molecular formula is C16H27ClF3N3O. The van der Waals surface area contributed by atoms with Gasteiger partial charge in [0.15, 0.2) is 0 Å². The Morgan fingerprint density at radius 3 is 2.46 bits per heavy atom. The second kappa shape index (κ2) is 8.08. The van der Waals surface area contributed by atoms with E-state index in [9.17, 15) is 13.2 Å². The third-order valence-electron chi connectivity index (χ3n) is 5.59. The number of rotatable bonds is 4. The highest BCUT2D eigenvalue weighted by atomic mass is 35.5. The molecule has 3 unspecified atom stereocenters. The molecule has 0 aromatic rings. The third-order valence-corrected chi connectivity index (χ3v) is 6.03. The van der Waals surface area contributed by atoms with E-state index in [1.807, 2.05) is 0 Å². The molecule has 0 aromatic heterocycles. The van der Waals surface area contributed by atoms with Crippen LogP contribution in [0.4, 0.5) is 13.2 Å². The minimum absolute atomic E-state index is 0.0261. The molecule has 2 aliphatic heterocycles. The van der Waals surface area contributed by atoms with Gasteiger partial charge in [-0.25, -0.2) is 5.43 Å². The molecule has 1 aliphatic carbocycles. The minimum atomic E-state index is -4.19. The zero-order valence-corrected chi connectivity index (χ0v) is 14.5. The van der Waals surface area contributed by atoms with Gasteiger partial charge in [0.05, 0.1) is 18.2 Å². The Bertz CT molecular complexity index is 399. The average molecular weight is 370 g/mol. The molecule has 4 atom stereocenters. The molecule has 0 amide bonds. The van der Waals surface area contributed by atoms with Crippen molar-refractivity contribution in [2.75, 3.05) is 13.2 Å². The largest absolute Gasteiger partial charge is 0.393 e. The molecule has 2 heterocycles. The normalized spacial score (nSPS) is 41.5. The van der Waals surface area contributed by atoms with Gasteiger partial charge in [-0.05, 0) is 50.9 Å². The number of alkyl halides is 4. The molecule has 0 aromatic carbocycles. The molecule has 3 aliphatic rings. The van der Waals surface area contributed by atoms with Crippen LogP contribution in [0.1, 0.15) is 44.9 Å². The first-order chi connectivity index (χ1) is 11.4. The van der Waals surface area contributed by atoms with Gasteiger partial charge in [-0.15, -0.1) is 11.6 Å². The molecule has 3 rings (SSSR count). The van der Waals surface area contributed by atoms with Crippen LogP contribution in [0.25, 0.3) is 0 Å². The fraction of sp³-hybridized carbons (Fsp3) is 1.00. The van der Waals surface area contributed by atoms with Crippen LogP contribution in [0.15, 0.2) is 0 Å². The van der Waals surface area contributed by atoms with Crippen molar-refractivity contribution in [2.45, 2.75) is 74.8 Å². The molecule has 24 heavy (non-hydrogen) atoms. The van der Waals surface area contributed by atoms with E-state index in [4.69, 9.17) is 16.3 Å². The second-order valence-corrected chi connectivity index (χ2v) is 7.92. The summed E-state index contributed by atoms with van der Waals surface area (Å²) in [6.07, 6.45) is 0.706. The number of hydrogen-bond donors (Lipinski definition) is 3. The van der Waals surface area contributed by atoms with Crippen molar-refractivity contribution < 1.29 is 17.9 Å². The first-order valence-corrected chi connectivity index (χ1v) is 9.44. The summed E-state index contributed by atoms with van der Waals surface area (Å²) in [5, 5.41) is 3.29. The van der Waals surface area contributed by atoms with Crippen LogP contribution in [0.5, 0.6) is 0 Å². The van der Waals surface area contributed by atoms with Crippen LogP contribution < -0.4 is 16.2 Å². The summed E-state index contributed by atoms with van der Waals surface area (Å²) in [6.45, 7) is 1.34. The molecule has 0 bridgehead atoms. The summed E-state index contributed by atoms with van der Waals surface area (Å²) in [6, 6.07) is -0.574. The summed E-state index contributed by atoms with van der Waals surface area (Å²) >= 11 is 6.09. The Balaban J connectivity index is 1.56. The van der Waals surface area contributed by atoms with Gasteiger partial charge in [-0.3, -0.25) is 10.7 Å². The predicted octanol–water partition coefficient (Wildman–Crippen LogP) is 2.92. The molecule has 0 radical (unpaired) electrons. The number of ether oxygens (including phenoxy) is 1. The summed E-state index contributed by atoms with van der Waals surface area (Å²) in [5.74, 6) is -1.31. The van der Waals surface area contributed by atoms with E-state index in [2.05, 4.69) is 16.2 Å². The maximum absolute atomic E-state index is 13.6. The number of hydrogen-bond acceptors (Lipinski definition) is 4. The topological polar surface area (TPSA) is 45.3 Å². The highest BCUT2D eigenvalue weighted by molar-refractivity contribution is 6.20. The Kier molecular flexibility index (Phi) is 6.30. The van der Waals surface area contributed by atoms with Crippen LogP contribution >= 0.6 is 11.6 Å². The van der Waals surface area contributed by atoms with Gasteiger partial charge in [0.2, 0.25) is 0 Å². The van der Waals surface area contributed by atoms with Crippen molar-refractivity contribution >= 4 is 11.6 Å². The lowest BCUT2D eigenvalue weighted by Crippen LogP contribution is -2.65. The quantitative estimate of drug-likeness (QED) is 0.667. The first kappa shape index (κ1) is 18.7. The lowest BCUT2D eigenvalue weighted by molar-refractivity contribution is -0.199. The van der Waals surface area contributed by atoms with Gasteiger partial charge in [-0.2, -0.15) is 13.2 Å². The number of halogens is 4. The van der Waals surface area contributed by atoms with Gasteiger partial charge in [0, 0.05) is 24.6 Å². The predicted molar refractivity (Wildman–Crippen MR) is 86.6 cm³/mol. The van der Waals surface area contributed by atoms with E-state index in [1.54, 1.807) is 0 Å². The van der Waals surface area contributed by atoms with E-state index >= 15 is 0 Å². The molecule has 3 N–H and O–H groups in total. The van der Waals surface area contributed by atoms with Crippen molar-refractivity contribution in [3.8, 4) is 0 Å². The zero-order chi connectivity index (χ0) is 17.2. The molecule has 3 fully saturated rings. The van der Waals surface area contributed by atoms with Crippen molar-refractivity contribution in [2.24, 2.45) is 11.8 Å². The lowest BCUT2D eigenvalue weighted by atomic mass is 9.76. The zero-order valence-electron chi connectivity index (χ0n) is 13.7. The highest BCUT2D eigenvalue weighted by Crippen LogP contribution is 2.40. The van der Waals surface area contributed by atoms with Gasteiger partial charge < -0.3 is 4.74 Å². The highest BCUT2D eigenvalue weighted by Gasteiger charge is 2.50.